The van der Waals surface area contributed by atoms with Crippen molar-refractivity contribution in [1.29, 1.82) is 0 Å². The Morgan fingerprint density at radius 1 is 0.923 bits per heavy atom. The zero-order valence-electron chi connectivity index (χ0n) is 15.1. The molecule has 6 heteroatoms. The summed E-state index contributed by atoms with van der Waals surface area (Å²) in [6.07, 6.45) is 0. The second kappa shape index (κ2) is 7.31. The molecule has 0 aliphatic rings. The fourth-order valence-corrected chi connectivity index (χ4v) is 2.71. The van der Waals surface area contributed by atoms with Crippen molar-refractivity contribution < 1.29 is 19.0 Å². The van der Waals surface area contributed by atoms with Crippen LogP contribution in [0, 0.1) is 6.92 Å². The number of anilines is 1. The van der Waals surface area contributed by atoms with Gasteiger partial charge in [-0.05, 0) is 43.3 Å². The Morgan fingerprint density at radius 3 is 2.31 bits per heavy atom. The zero-order valence-corrected chi connectivity index (χ0v) is 15.1. The first kappa shape index (κ1) is 17.5. The highest BCUT2D eigenvalue weighted by molar-refractivity contribution is 6.07. The maximum atomic E-state index is 12.8. The van der Waals surface area contributed by atoms with Crippen LogP contribution in [0.4, 0.5) is 5.69 Å². The summed E-state index contributed by atoms with van der Waals surface area (Å²) < 4.78 is 15.8. The maximum Gasteiger partial charge on any atom is 0.257 e. The number of aromatic nitrogens is 1. The van der Waals surface area contributed by atoms with Gasteiger partial charge in [0.1, 0.15) is 17.2 Å². The summed E-state index contributed by atoms with van der Waals surface area (Å²) in [6.45, 7) is 1.81. The molecule has 1 heterocycles. The van der Waals surface area contributed by atoms with Gasteiger partial charge in [0.25, 0.3) is 5.91 Å². The van der Waals surface area contributed by atoms with Crippen molar-refractivity contribution in [3.8, 4) is 17.2 Å². The number of pyridine rings is 1. The molecule has 0 aliphatic carbocycles. The predicted octanol–water partition coefficient (Wildman–Crippen LogP) is 3.82. The number of aryl methyl sites for hydroxylation is 1. The van der Waals surface area contributed by atoms with Gasteiger partial charge in [0.2, 0.25) is 0 Å². The molecule has 1 N–H and O–H groups in total. The van der Waals surface area contributed by atoms with E-state index in [1.165, 1.54) is 0 Å². The Morgan fingerprint density at radius 2 is 1.62 bits per heavy atom. The summed E-state index contributed by atoms with van der Waals surface area (Å²) in [4.78, 5) is 17.3. The van der Waals surface area contributed by atoms with Crippen molar-refractivity contribution in [3.05, 3.63) is 53.7 Å². The number of rotatable bonds is 5. The van der Waals surface area contributed by atoms with Crippen LogP contribution in [0.25, 0.3) is 10.9 Å². The second-order valence-corrected chi connectivity index (χ2v) is 5.70. The summed E-state index contributed by atoms with van der Waals surface area (Å²) in [5.41, 5.74) is 2.46. The third-order valence-corrected chi connectivity index (χ3v) is 4.11. The van der Waals surface area contributed by atoms with E-state index in [9.17, 15) is 4.79 Å². The topological polar surface area (TPSA) is 69.7 Å². The molecule has 0 spiro atoms. The van der Waals surface area contributed by atoms with Crippen LogP contribution in [0.2, 0.25) is 0 Å². The largest absolute Gasteiger partial charge is 0.497 e. The third kappa shape index (κ3) is 3.39. The maximum absolute atomic E-state index is 12.8. The molecule has 0 saturated heterocycles. The van der Waals surface area contributed by atoms with Gasteiger partial charge < -0.3 is 19.5 Å². The van der Waals surface area contributed by atoms with Crippen molar-refractivity contribution in [1.82, 2.24) is 4.98 Å². The van der Waals surface area contributed by atoms with Crippen LogP contribution >= 0.6 is 0 Å². The number of methoxy groups -OCH3 is 3. The van der Waals surface area contributed by atoms with E-state index < -0.39 is 0 Å². The van der Waals surface area contributed by atoms with Gasteiger partial charge in [0.15, 0.2) is 0 Å². The molecular weight excluding hydrogens is 332 g/mol. The first-order valence-electron chi connectivity index (χ1n) is 8.04. The van der Waals surface area contributed by atoms with Gasteiger partial charge in [0.05, 0.1) is 43.8 Å². The van der Waals surface area contributed by atoms with E-state index in [0.717, 1.165) is 10.9 Å². The van der Waals surface area contributed by atoms with Crippen LogP contribution in [0.1, 0.15) is 16.1 Å². The van der Waals surface area contributed by atoms with Gasteiger partial charge in [-0.1, -0.05) is 0 Å². The Balaban J connectivity index is 1.98. The number of carbonyl (C=O) groups excluding carboxylic acids is 1. The molecule has 0 aliphatic heterocycles. The fraction of sp³-hybridized carbons (Fsp3) is 0.200. The first-order chi connectivity index (χ1) is 12.5. The van der Waals surface area contributed by atoms with E-state index in [-0.39, 0.29) is 5.91 Å². The van der Waals surface area contributed by atoms with Crippen LogP contribution in [0.3, 0.4) is 0 Å². The lowest BCUT2D eigenvalue weighted by molar-refractivity contribution is 0.102. The number of nitrogens with one attached hydrogen (secondary N) is 1. The Kier molecular flexibility index (Phi) is 4.93. The Labute approximate surface area is 151 Å². The van der Waals surface area contributed by atoms with Gasteiger partial charge in [-0.2, -0.15) is 0 Å². The van der Waals surface area contributed by atoms with Crippen LogP contribution in [-0.4, -0.2) is 32.2 Å². The molecule has 0 radical (unpaired) electrons. The smallest absolute Gasteiger partial charge is 0.257 e. The summed E-state index contributed by atoms with van der Waals surface area (Å²) in [5.74, 6) is 1.61. The highest BCUT2D eigenvalue weighted by atomic mass is 16.5. The first-order valence-corrected chi connectivity index (χ1v) is 8.04. The highest BCUT2D eigenvalue weighted by Crippen LogP contribution is 2.30. The quantitative estimate of drug-likeness (QED) is 0.756. The number of ether oxygens (including phenoxy) is 3. The van der Waals surface area contributed by atoms with E-state index in [2.05, 4.69) is 10.3 Å². The molecule has 134 valence electrons. The molecule has 1 amide bonds. The Hall–Kier alpha value is -3.28. The minimum absolute atomic E-state index is 0.272. The van der Waals surface area contributed by atoms with Gasteiger partial charge in [-0.25, -0.2) is 0 Å². The fourth-order valence-electron chi connectivity index (χ4n) is 2.71. The third-order valence-electron chi connectivity index (χ3n) is 4.11. The lowest BCUT2D eigenvalue weighted by Gasteiger charge is -2.13. The van der Waals surface area contributed by atoms with E-state index in [1.54, 1.807) is 46.5 Å². The van der Waals surface area contributed by atoms with E-state index in [0.29, 0.717) is 34.2 Å². The van der Waals surface area contributed by atoms with Gasteiger partial charge in [-0.3, -0.25) is 9.78 Å². The van der Waals surface area contributed by atoms with Crippen LogP contribution in [-0.2, 0) is 0 Å². The van der Waals surface area contributed by atoms with Crippen molar-refractivity contribution in [2.24, 2.45) is 0 Å². The molecule has 0 unspecified atom stereocenters. The van der Waals surface area contributed by atoms with Crippen molar-refractivity contribution in [2.75, 3.05) is 26.6 Å². The van der Waals surface area contributed by atoms with Crippen LogP contribution < -0.4 is 19.5 Å². The van der Waals surface area contributed by atoms with Crippen molar-refractivity contribution in [3.63, 3.8) is 0 Å². The summed E-state index contributed by atoms with van der Waals surface area (Å²) in [5, 5.41) is 3.70. The highest BCUT2D eigenvalue weighted by Gasteiger charge is 2.15. The van der Waals surface area contributed by atoms with Crippen molar-refractivity contribution >= 4 is 22.5 Å². The van der Waals surface area contributed by atoms with E-state index >= 15 is 0 Å². The number of nitrogens with zero attached hydrogens (tertiary/aromatic N) is 1. The van der Waals surface area contributed by atoms with E-state index in [4.69, 9.17) is 14.2 Å². The average molecular weight is 352 g/mol. The molecule has 0 fully saturated rings. The van der Waals surface area contributed by atoms with Gasteiger partial charge in [0, 0.05) is 11.5 Å². The number of carbonyl (C=O) groups is 1. The van der Waals surface area contributed by atoms with Gasteiger partial charge in [-0.15, -0.1) is 0 Å². The second-order valence-electron chi connectivity index (χ2n) is 5.70. The van der Waals surface area contributed by atoms with Crippen LogP contribution in [0.15, 0.2) is 42.5 Å². The number of benzene rings is 2. The molecule has 26 heavy (non-hydrogen) atoms. The number of fused-ring (bicyclic) bond motifs is 1. The molecule has 0 bridgehead atoms. The molecule has 0 saturated carbocycles. The molecule has 3 rings (SSSR count). The number of hydrogen-bond acceptors (Lipinski definition) is 5. The minimum atomic E-state index is -0.272. The number of amides is 1. The molecular formula is C20H20N2O4. The predicted molar refractivity (Wildman–Crippen MR) is 101 cm³/mol. The van der Waals surface area contributed by atoms with Crippen LogP contribution in [0.5, 0.6) is 17.2 Å². The normalized spacial score (nSPS) is 10.5. The monoisotopic (exact) mass is 352 g/mol. The van der Waals surface area contributed by atoms with Crippen molar-refractivity contribution in [2.45, 2.75) is 6.92 Å². The molecule has 6 nitrogen and oxygen atoms in total. The molecule has 0 atom stereocenters. The SMILES string of the molecule is COc1ccc(OC)c(NC(=O)c2cc3cc(OC)ccc3nc2C)c1. The van der Waals surface area contributed by atoms with E-state index in [1.807, 2.05) is 24.3 Å². The molecule has 3 aromatic rings. The summed E-state index contributed by atoms with van der Waals surface area (Å²) >= 11 is 0. The minimum Gasteiger partial charge on any atom is -0.497 e. The molecule has 1 aromatic heterocycles. The summed E-state index contributed by atoms with van der Waals surface area (Å²) in [7, 11) is 4.72. The lowest BCUT2D eigenvalue weighted by Crippen LogP contribution is -2.15. The Bertz CT molecular complexity index is 969. The number of hydrogen-bond donors (Lipinski definition) is 1. The van der Waals surface area contributed by atoms with Gasteiger partial charge >= 0.3 is 0 Å². The molecule has 2 aromatic carbocycles. The standard InChI is InChI=1S/C20H20N2O4/c1-12-16(10-13-9-14(24-2)5-7-17(13)21-12)20(23)22-18-11-15(25-3)6-8-19(18)26-4/h5-11H,1-4H3,(H,22,23). The average Bonchev–Trinajstić information content (AvgIpc) is 2.66. The summed E-state index contributed by atoms with van der Waals surface area (Å²) in [6, 6.07) is 12.6. The lowest BCUT2D eigenvalue weighted by atomic mass is 10.1. The zero-order chi connectivity index (χ0) is 18.7.